The number of benzene rings is 1. The second-order valence-corrected chi connectivity index (χ2v) is 11.2. The highest BCUT2D eigenvalue weighted by atomic mass is 32.2. The van der Waals surface area contributed by atoms with Crippen LogP contribution in [0, 0.1) is 10.2 Å². The predicted octanol–water partition coefficient (Wildman–Crippen LogP) is 2.49. The first kappa shape index (κ1) is 21.6. The number of hydrogen-bond donors (Lipinski definition) is 2. The molecule has 5 rings (SSSR count). The first-order chi connectivity index (χ1) is 15.7. The van der Waals surface area contributed by atoms with E-state index in [4.69, 9.17) is 10.5 Å². The van der Waals surface area contributed by atoms with Crippen molar-refractivity contribution < 1.29 is 9.00 Å². The number of anilines is 1. The van der Waals surface area contributed by atoms with Gasteiger partial charge in [-0.3, -0.25) is 4.57 Å². The zero-order valence-electron chi connectivity index (χ0n) is 18.5. The van der Waals surface area contributed by atoms with Crippen molar-refractivity contribution in [1.82, 2.24) is 24.0 Å². The van der Waals surface area contributed by atoms with Crippen LogP contribution in [0.3, 0.4) is 0 Å². The van der Waals surface area contributed by atoms with E-state index < -0.39 is 21.4 Å². The minimum Gasteiger partial charge on any atom is -0.382 e. The zero-order chi connectivity index (χ0) is 23.4. The Kier molecular flexibility index (Phi) is 5.04. The quantitative estimate of drug-likeness (QED) is 0.550. The average molecular weight is 470 g/mol. The molecular formula is C22H27N7O3S. The predicted molar refractivity (Wildman–Crippen MR) is 125 cm³/mol. The van der Waals surface area contributed by atoms with Crippen molar-refractivity contribution in [3.8, 4) is 0 Å². The lowest BCUT2D eigenvalue weighted by atomic mass is 9.64. The van der Waals surface area contributed by atoms with E-state index >= 15 is 0 Å². The number of aromatic nitrogens is 4. The van der Waals surface area contributed by atoms with Crippen LogP contribution in [-0.4, -0.2) is 53.1 Å². The van der Waals surface area contributed by atoms with Gasteiger partial charge in [0, 0.05) is 24.3 Å². The minimum atomic E-state index is -3.28. The van der Waals surface area contributed by atoms with Gasteiger partial charge in [-0.05, 0) is 24.8 Å². The number of likely N-dealkylation sites (tertiary alicyclic amines) is 1. The number of nitrogens with two attached hydrogens (primary N) is 1. The second-order valence-electron chi connectivity index (χ2n) is 9.12. The number of nitrogen functional groups attached to an aromatic ring is 1. The van der Waals surface area contributed by atoms with E-state index in [9.17, 15) is 13.8 Å². The lowest BCUT2D eigenvalue weighted by Gasteiger charge is -2.55. The molecule has 3 N–H and O–H groups in total. The van der Waals surface area contributed by atoms with E-state index in [1.807, 2.05) is 37.3 Å². The summed E-state index contributed by atoms with van der Waals surface area (Å²) < 4.78 is 23.5. The Hall–Kier alpha value is -3.21. The highest BCUT2D eigenvalue weighted by molar-refractivity contribution is 7.92. The molecule has 1 saturated carbocycles. The lowest BCUT2D eigenvalue weighted by molar-refractivity contribution is -0.0320. The molecule has 1 aromatic carbocycles. The van der Waals surface area contributed by atoms with Crippen molar-refractivity contribution in [1.29, 1.82) is 4.78 Å². The molecule has 2 aliphatic rings. The summed E-state index contributed by atoms with van der Waals surface area (Å²) in [6, 6.07) is 8.87. The molecule has 1 atom stereocenters. The van der Waals surface area contributed by atoms with Gasteiger partial charge >= 0.3 is 11.7 Å². The molecular weight excluding hydrogens is 442 g/mol. The first-order valence-corrected chi connectivity index (χ1v) is 12.9. The molecule has 1 spiro atoms. The summed E-state index contributed by atoms with van der Waals surface area (Å²) in [4.78, 5) is 37.0. The van der Waals surface area contributed by atoms with E-state index in [2.05, 4.69) is 9.97 Å². The van der Waals surface area contributed by atoms with Crippen LogP contribution in [0.2, 0.25) is 0 Å². The van der Waals surface area contributed by atoms with Gasteiger partial charge in [-0.15, -0.1) is 0 Å². The Labute approximate surface area is 191 Å². The number of nitrogens with one attached hydrogen (secondary N) is 1. The summed E-state index contributed by atoms with van der Waals surface area (Å²) in [6.45, 7) is 3.22. The van der Waals surface area contributed by atoms with E-state index in [0.717, 1.165) is 23.0 Å². The molecule has 174 valence electrons. The van der Waals surface area contributed by atoms with Crippen molar-refractivity contribution in [3.05, 3.63) is 46.4 Å². The number of amides is 1. The molecule has 2 aromatic heterocycles. The van der Waals surface area contributed by atoms with Gasteiger partial charge in [0.1, 0.15) is 15.2 Å². The van der Waals surface area contributed by atoms with Gasteiger partial charge < -0.3 is 10.6 Å². The summed E-state index contributed by atoms with van der Waals surface area (Å²) in [5.74, 6) is -0.0432. The molecule has 0 radical (unpaired) electrons. The van der Waals surface area contributed by atoms with Crippen LogP contribution in [0.25, 0.3) is 11.2 Å². The summed E-state index contributed by atoms with van der Waals surface area (Å²) in [7, 11) is -3.28. The van der Waals surface area contributed by atoms with Crippen molar-refractivity contribution in [2.45, 2.75) is 44.3 Å². The molecule has 1 amide bonds. The third-order valence-corrected chi connectivity index (χ3v) is 8.43. The maximum Gasteiger partial charge on any atom is 0.339 e. The van der Waals surface area contributed by atoms with E-state index in [1.54, 1.807) is 4.90 Å². The minimum absolute atomic E-state index is 0.0797. The van der Waals surface area contributed by atoms with Crippen LogP contribution in [0.15, 0.2) is 40.3 Å². The molecule has 0 bridgehead atoms. The Bertz CT molecular complexity index is 1400. The first-order valence-electron chi connectivity index (χ1n) is 11.1. The van der Waals surface area contributed by atoms with Gasteiger partial charge in [0.2, 0.25) is 5.16 Å². The average Bonchev–Trinajstić information content (AvgIpc) is 2.99. The SMILES string of the molecule is CCCS(=N)(=O)c1nc(N)c2c(n1)n(Cc1ccccc1)c(=O)n2C(=O)N1CC2(CCC2)C1. The van der Waals surface area contributed by atoms with Crippen molar-refractivity contribution in [3.63, 3.8) is 0 Å². The monoisotopic (exact) mass is 469 g/mol. The van der Waals surface area contributed by atoms with Crippen LogP contribution in [0.1, 0.15) is 38.2 Å². The van der Waals surface area contributed by atoms with Gasteiger partial charge in [0.05, 0.1) is 6.54 Å². The molecule has 1 aliphatic heterocycles. The van der Waals surface area contributed by atoms with Crippen LogP contribution >= 0.6 is 0 Å². The Morgan fingerprint density at radius 1 is 1.21 bits per heavy atom. The van der Waals surface area contributed by atoms with Crippen molar-refractivity contribution >= 4 is 32.7 Å². The van der Waals surface area contributed by atoms with Crippen LogP contribution < -0.4 is 11.4 Å². The zero-order valence-corrected chi connectivity index (χ0v) is 19.3. The maximum atomic E-state index is 13.5. The number of hydrogen-bond acceptors (Lipinski definition) is 7. The van der Waals surface area contributed by atoms with Crippen LogP contribution in [0.4, 0.5) is 10.6 Å². The Morgan fingerprint density at radius 2 is 1.91 bits per heavy atom. The largest absolute Gasteiger partial charge is 0.382 e. The summed E-state index contributed by atoms with van der Waals surface area (Å²) in [5, 5.41) is -0.210. The topological polar surface area (TPSA) is 140 Å². The highest BCUT2D eigenvalue weighted by Gasteiger charge is 2.49. The molecule has 1 saturated heterocycles. The fourth-order valence-electron chi connectivity index (χ4n) is 4.79. The number of nitrogens with zero attached hydrogens (tertiary/aromatic N) is 5. The Morgan fingerprint density at radius 3 is 2.52 bits per heavy atom. The van der Waals surface area contributed by atoms with Crippen LogP contribution in [0.5, 0.6) is 0 Å². The number of fused-ring (bicyclic) bond motifs is 1. The third kappa shape index (κ3) is 3.50. The molecule has 11 heteroatoms. The van der Waals surface area contributed by atoms with Crippen LogP contribution in [-0.2, 0) is 16.3 Å². The lowest BCUT2D eigenvalue weighted by Crippen LogP contribution is -2.62. The highest BCUT2D eigenvalue weighted by Crippen LogP contribution is 2.48. The Balaban J connectivity index is 1.66. The maximum absolute atomic E-state index is 13.5. The van der Waals surface area contributed by atoms with Crippen molar-refractivity contribution in [2.75, 3.05) is 24.6 Å². The van der Waals surface area contributed by atoms with Crippen molar-refractivity contribution in [2.24, 2.45) is 5.41 Å². The van der Waals surface area contributed by atoms with Gasteiger partial charge in [0.15, 0.2) is 11.5 Å². The number of imidazole rings is 1. The number of carbonyl (C=O) groups excluding carboxylic acids is 1. The molecule has 1 unspecified atom stereocenters. The summed E-state index contributed by atoms with van der Waals surface area (Å²) in [5.41, 5.74) is 6.90. The fraction of sp³-hybridized carbons (Fsp3) is 0.455. The normalized spacial score (nSPS) is 18.6. The smallest absolute Gasteiger partial charge is 0.339 e. The standard InChI is InChI=1S/C22H27N7O3S/c1-2-11-33(24,32)19-25-17(23)16-18(26-19)28(12-15-7-4-3-5-8-15)21(31)29(16)20(30)27-13-22(14-27)9-6-10-22/h3-5,7-8,24H,2,6,9-14H2,1H3,(H2,23,25,26). The fourth-order valence-corrected chi connectivity index (χ4v) is 6.03. The molecule has 1 aliphatic carbocycles. The van der Waals surface area contributed by atoms with Gasteiger partial charge in [-0.1, -0.05) is 43.7 Å². The molecule has 3 heterocycles. The summed E-state index contributed by atoms with van der Waals surface area (Å²) >= 11 is 0. The molecule has 2 fully saturated rings. The van der Waals surface area contributed by atoms with E-state index in [-0.39, 0.29) is 39.9 Å². The van der Waals surface area contributed by atoms with E-state index in [0.29, 0.717) is 19.5 Å². The number of rotatable bonds is 5. The summed E-state index contributed by atoms with van der Waals surface area (Å²) in [6.07, 6.45) is 3.89. The number of carbonyl (C=O) groups is 1. The van der Waals surface area contributed by atoms with Gasteiger partial charge in [0.25, 0.3) is 0 Å². The molecule has 3 aromatic rings. The van der Waals surface area contributed by atoms with E-state index in [1.165, 1.54) is 11.0 Å². The second kappa shape index (κ2) is 7.68. The molecule has 33 heavy (non-hydrogen) atoms. The van der Waals surface area contributed by atoms with Gasteiger partial charge in [-0.25, -0.2) is 28.1 Å². The molecule has 10 nitrogen and oxygen atoms in total. The van der Waals surface area contributed by atoms with Gasteiger partial charge in [-0.2, -0.15) is 4.98 Å². The third-order valence-electron chi connectivity index (χ3n) is 6.67.